The van der Waals surface area contributed by atoms with Gasteiger partial charge in [-0.2, -0.15) is 5.10 Å². The minimum Gasteiger partial charge on any atom is -0.468 e. The number of benzene rings is 1. The number of methoxy groups -OCH3 is 1. The van der Waals surface area contributed by atoms with E-state index >= 15 is 0 Å². The van der Waals surface area contributed by atoms with Crippen LogP contribution in [0.25, 0.3) is 5.69 Å². The van der Waals surface area contributed by atoms with Crippen LogP contribution in [-0.2, 0) is 9.53 Å². The number of para-hydroxylation sites is 1. The number of ether oxygens (including phenoxy) is 1. The van der Waals surface area contributed by atoms with Crippen molar-refractivity contribution in [2.75, 3.05) is 7.11 Å². The van der Waals surface area contributed by atoms with E-state index in [-0.39, 0.29) is 12.0 Å². The van der Waals surface area contributed by atoms with E-state index in [4.69, 9.17) is 4.74 Å². The third kappa shape index (κ3) is 3.24. The van der Waals surface area contributed by atoms with E-state index in [1.54, 1.807) is 10.9 Å². The molecule has 0 aliphatic carbocycles. The van der Waals surface area contributed by atoms with Crippen LogP contribution in [0.5, 0.6) is 0 Å². The van der Waals surface area contributed by atoms with Gasteiger partial charge in [0.15, 0.2) is 0 Å². The summed E-state index contributed by atoms with van der Waals surface area (Å²) in [5.41, 5.74) is 1.74. The molecule has 2 rings (SSSR count). The molecule has 5 heteroatoms. The molecule has 0 aliphatic rings. The van der Waals surface area contributed by atoms with Gasteiger partial charge in [0.25, 0.3) is 0 Å². The van der Waals surface area contributed by atoms with Gasteiger partial charge in [0.1, 0.15) is 6.04 Å². The van der Waals surface area contributed by atoms with Crippen molar-refractivity contribution in [2.45, 2.75) is 25.9 Å². The fourth-order valence-corrected chi connectivity index (χ4v) is 1.96. The van der Waals surface area contributed by atoms with Crippen molar-refractivity contribution in [3.05, 3.63) is 48.3 Å². The molecular formula is C15H19N3O2. The average Bonchev–Trinajstić information content (AvgIpc) is 2.94. The summed E-state index contributed by atoms with van der Waals surface area (Å²) in [5.74, 6) is -0.314. The maximum Gasteiger partial charge on any atom is 0.327 e. The van der Waals surface area contributed by atoms with E-state index in [9.17, 15) is 4.79 Å². The largest absolute Gasteiger partial charge is 0.468 e. The van der Waals surface area contributed by atoms with Gasteiger partial charge in [-0.3, -0.25) is 5.32 Å². The zero-order chi connectivity index (χ0) is 14.5. The first kappa shape index (κ1) is 14.3. The van der Waals surface area contributed by atoms with Crippen molar-refractivity contribution in [1.82, 2.24) is 15.1 Å². The first-order valence-corrected chi connectivity index (χ1v) is 6.55. The lowest BCUT2D eigenvalue weighted by Crippen LogP contribution is -2.34. The number of carbonyl (C=O) groups is 1. The lowest BCUT2D eigenvalue weighted by molar-refractivity contribution is -0.143. The number of hydrogen-bond acceptors (Lipinski definition) is 4. The third-order valence-electron chi connectivity index (χ3n) is 2.89. The molecular weight excluding hydrogens is 254 g/mol. The fourth-order valence-electron chi connectivity index (χ4n) is 1.96. The maximum absolute atomic E-state index is 11.9. The monoisotopic (exact) mass is 273 g/mol. The van der Waals surface area contributed by atoms with Crippen molar-refractivity contribution < 1.29 is 9.53 Å². The van der Waals surface area contributed by atoms with Gasteiger partial charge in [-0.05, 0) is 26.0 Å². The molecule has 1 atom stereocenters. The first-order chi connectivity index (χ1) is 9.61. The van der Waals surface area contributed by atoms with E-state index in [2.05, 4.69) is 10.4 Å². The molecule has 106 valence electrons. The van der Waals surface area contributed by atoms with Gasteiger partial charge < -0.3 is 4.74 Å². The van der Waals surface area contributed by atoms with Crippen LogP contribution >= 0.6 is 0 Å². The Morgan fingerprint density at radius 2 is 2.00 bits per heavy atom. The molecule has 2 aromatic rings. The molecule has 0 aliphatic heterocycles. The van der Waals surface area contributed by atoms with E-state index < -0.39 is 6.04 Å². The Kier molecular flexibility index (Phi) is 4.53. The second-order valence-electron chi connectivity index (χ2n) is 4.83. The molecule has 0 bridgehead atoms. The van der Waals surface area contributed by atoms with Crippen molar-refractivity contribution in [2.24, 2.45) is 0 Å². The summed E-state index contributed by atoms with van der Waals surface area (Å²) in [7, 11) is 1.39. The van der Waals surface area contributed by atoms with Crippen LogP contribution in [-0.4, -0.2) is 28.9 Å². The molecule has 1 unspecified atom stereocenters. The van der Waals surface area contributed by atoms with Crippen LogP contribution in [0.15, 0.2) is 42.7 Å². The summed E-state index contributed by atoms with van der Waals surface area (Å²) in [4.78, 5) is 11.9. The number of rotatable bonds is 5. The van der Waals surface area contributed by atoms with Crippen LogP contribution in [0, 0.1) is 0 Å². The molecule has 1 aromatic heterocycles. The van der Waals surface area contributed by atoms with Gasteiger partial charge in [0, 0.05) is 17.8 Å². The zero-order valence-electron chi connectivity index (χ0n) is 11.9. The van der Waals surface area contributed by atoms with E-state index in [1.807, 2.05) is 50.4 Å². The number of nitrogens with one attached hydrogen (secondary N) is 1. The van der Waals surface area contributed by atoms with Gasteiger partial charge in [0.2, 0.25) is 0 Å². The zero-order valence-corrected chi connectivity index (χ0v) is 11.9. The molecule has 0 amide bonds. The number of nitrogens with zero attached hydrogens (tertiary/aromatic N) is 2. The molecule has 20 heavy (non-hydrogen) atoms. The third-order valence-corrected chi connectivity index (χ3v) is 2.89. The predicted octanol–water partition coefficient (Wildman–Crippen LogP) is 2.08. The van der Waals surface area contributed by atoms with Gasteiger partial charge in [-0.1, -0.05) is 18.2 Å². The molecule has 5 nitrogen and oxygen atoms in total. The molecule has 1 heterocycles. The van der Waals surface area contributed by atoms with Crippen LogP contribution < -0.4 is 5.32 Å². The van der Waals surface area contributed by atoms with E-state index in [0.717, 1.165) is 11.3 Å². The molecule has 0 radical (unpaired) electrons. The number of esters is 1. The predicted molar refractivity (Wildman–Crippen MR) is 76.6 cm³/mol. The summed E-state index contributed by atoms with van der Waals surface area (Å²) in [6.45, 7) is 3.97. The Morgan fingerprint density at radius 3 is 2.60 bits per heavy atom. The summed E-state index contributed by atoms with van der Waals surface area (Å²) < 4.78 is 6.59. The van der Waals surface area contributed by atoms with Crippen LogP contribution in [0.3, 0.4) is 0 Å². The molecule has 0 spiro atoms. The van der Waals surface area contributed by atoms with Crippen molar-refractivity contribution in [3.8, 4) is 5.69 Å². The van der Waals surface area contributed by atoms with Crippen molar-refractivity contribution in [1.29, 1.82) is 0 Å². The molecule has 1 N–H and O–H groups in total. The van der Waals surface area contributed by atoms with Gasteiger partial charge >= 0.3 is 5.97 Å². The summed E-state index contributed by atoms with van der Waals surface area (Å²) in [5, 5.41) is 7.48. The topological polar surface area (TPSA) is 56.1 Å². The average molecular weight is 273 g/mol. The Bertz CT molecular complexity index is 564. The maximum atomic E-state index is 11.9. The minimum absolute atomic E-state index is 0.166. The number of carbonyl (C=O) groups excluding carboxylic acids is 1. The van der Waals surface area contributed by atoms with Crippen LogP contribution in [0.2, 0.25) is 0 Å². The minimum atomic E-state index is -0.502. The Labute approximate surface area is 118 Å². The first-order valence-electron chi connectivity index (χ1n) is 6.55. The lowest BCUT2D eigenvalue weighted by Gasteiger charge is -2.17. The number of aromatic nitrogens is 2. The molecule has 0 saturated heterocycles. The van der Waals surface area contributed by atoms with Gasteiger partial charge in [-0.25, -0.2) is 9.48 Å². The summed E-state index contributed by atoms with van der Waals surface area (Å²) in [6, 6.07) is 9.42. The van der Waals surface area contributed by atoms with Gasteiger partial charge in [0.05, 0.1) is 19.0 Å². The van der Waals surface area contributed by atoms with E-state index in [1.165, 1.54) is 7.11 Å². The quantitative estimate of drug-likeness (QED) is 0.847. The highest BCUT2D eigenvalue weighted by molar-refractivity contribution is 5.77. The summed E-state index contributed by atoms with van der Waals surface area (Å²) >= 11 is 0. The second-order valence-corrected chi connectivity index (χ2v) is 4.83. The smallest absolute Gasteiger partial charge is 0.327 e. The van der Waals surface area contributed by atoms with Gasteiger partial charge in [-0.15, -0.1) is 0 Å². The standard InChI is InChI=1S/C15H19N3O2/c1-11(2)17-14(15(19)20-3)12-9-16-18(10-12)13-7-5-4-6-8-13/h4-11,14,17H,1-3H3. The van der Waals surface area contributed by atoms with Crippen LogP contribution in [0.4, 0.5) is 0 Å². The highest BCUT2D eigenvalue weighted by Gasteiger charge is 2.23. The Hall–Kier alpha value is -2.14. The molecule has 0 fully saturated rings. The Morgan fingerprint density at radius 1 is 1.30 bits per heavy atom. The number of hydrogen-bond donors (Lipinski definition) is 1. The highest BCUT2D eigenvalue weighted by Crippen LogP contribution is 2.17. The van der Waals surface area contributed by atoms with E-state index in [0.29, 0.717) is 0 Å². The van der Waals surface area contributed by atoms with Crippen LogP contribution in [0.1, 0.15) is 25.5 Å². The normalized spacial score (nSPS) is 12.4. The van der Waals surface area contributed by atoms with Crippen molar-refractivity contribution >= 4 is 5.97 Å². The SMILES string of the molecule is COC(=O)C(NC(C)C)c1cnn(-c2ccccc2)c1. The van der Waals surface area contributed by atoms with Crippen molar-refractivity contribution in [3.63, 3.8) is 0 Å². The molecule has 1 aromatic carbocycles. The Balaban J connectivity index is 2.27. The second kappa shape index (κ2) is 6.34. The fraction of sp³-hybridized carbons (Fsp3) is 0.333. The highest BCUT2D eigenvalue weighted by atomic mass is 16.5. The lowest BCUT2D eigenvalue weighted by atomic mass is 10.1. The summed E-state index contributed by atoms with van der Waals surface area (Å²) in [6.07, 6.45) is 3.52. The molecule has 0 saturated carbocycles.